The second kappa shape index (κ2) is 4.49. The predicted molar refractivity (Wildman–Crippen MR) is 60.1 cm³/mol. The number of ether oxygens (including phenoxy) is 1. The number of nitrogens with zero attached hydrogens (tertiary/aromatic N) is 1. The smallest absolute Gasteiger partial charge is 0.332 e. The maximum Gasteiger partial charge on any atom is 0.332 e. The van der Waals surface area contributed by atoms with E-state index in [1.807, 2.05) is 0 Å². The van der Waals surface area contributed by atoms with Crippen LogP contribution >= 0.6 is 0 Å². The Morgan fingerprint density at radius 2 is 2.41 bits per heavy atom. The van der Waals surface area contributed by atoms with Crippen molar-refractivity contribution in [2.75, 3.05) is 19.8 Å². The molecule has 1 N–H and O–H groups in total. The number of rotatable bonds is 3. The molecular weight excluding hydrogens is 222 g/mol. The molecule has 0 aromatic heterocycles. The lowest BCUT2D eigenvalue weighted by atomic mass is 9.92. The van der Waals surface area contributed by atoms with Crippen LogP contribution in [0.2, 0.25) is 0 Å². The normalized spacial score (nSPS) is 29.9. The summed E-state index contributed by atoms with van der Waals surface area (Å²) in [4.78, 5) is 25.4. The minimum absolute atomic E-state index is 0.000562. The molecule has 0 bridgehead atoms. The molecule has 2 heterocycles. The van der Waals surface area contributed by atoms with Crippen LogP contribution in [0.25, 0.3) is 0 Å². The van der Waals surface area contributed by atoms with Gasteiger partial charge in [0.05, 0.1) is 13.2 Å². The third-order valence-corrected chi connectivity index (χ3v) is 3.49. The van der Waals surface area contributed by atoms with Gasteiger partial charge in [-0.15, -0.1) is 0 Å². The highest BCUT2D eigenvalue weighted by Gasteiger charge is 2.56. The summed E-state index contributed by atoms with van der Waals surface area (Å²) in [6.07, 6.45) is 3.10. The van der Waals surface area contributed by atoms with Crippen LogP contribution in [0.15, 0.2) is 11.6 Å². The minimum atomic E-state index is -0.798. The molecule has 5 nitrogen and oxygen atoms in total. The Morgan fingerprint density at radius 1 is 1.65 bits per heavy atom. The molecule has 2 fully saturated rings. The van der Waals surface area contributed by atoms with Gasteiger partial charge in [-0.3, -0.25) is 4.79 Å². The molecule has 1 amide bonds. The van der Waals surface area contributed by atoms with Crippen LogP contribution in [-0.2, 0) is 14.3 Å². The molecule has 2 rings (SSSR count). The van der Waals surface area contributed by atoms with E-state index < -0.39 is 5.54 Å². The van der Waals surface area contributed by atoms with Crippen molar-refractivity contribution in [3.05, 3.63) is 11.6 Å². The highest BCUT2D eigenvalue weighted by molar-refractivity contribution is 5.93. The Morgan fingerprint density at radius 3 is 3.06 bits per heavy atom. The number of aliphatic hydroxyl groups excluding tert-OH is 1. The lowest BCUT2D eigenvalue weighted by Crippen LogP contribution is -2.48. The third-order valence-electron chi connectivity index (χ3n) is 3.49. The van der Waals surface area contributed by atoms with Crippen LogP contribution in [0.1, 0.15) is 26.2 Å². The number of carbonyl (C=O) groups is 2. The van der Waals surface area contributed by atoms with Gasteiger partial charge in [-0.1, -0.05) is 6.08 Å². The van der Waals surface area contributed by atoms with Gasteiger partial charge in [0.15, 0.2) is 0 Å². The van der Waals surface area contributed by atoms with E-state index in [1.165, 1.54) is 0 Å². The number of hydrogen-bond donors (Lipinski definition) is 1. The Bertz CT molecular complexity index is 377. The van der Waals surface area contributed by atoms with E-state index in [-0.39, 0.29) is 18.5 Å². The Balaban J connectivity index is 2.26. The number of amides is 1. The molecule has 0 aliphatic carbocycles. The molecule has 2 aliphatic rings. The van der Waals surface area contributed by atoms with Crippen molar-refractivity contribution in [3.63, 3.8) is 0 Å². The first-order valence-corrected chi connectivity index (χ1v) is 5.90. The summed E-state index contributed by atoms with van der Waals surface area (Å²) < 4.78 is 5.08. The van der Waals surface area contributed by atoms with E-state index in [4.69, 9.17) is 9.84 Å². The van der Waals surface area contributed by atoms with Gasteiger partial charge in [0, 0.05) is 19.4 Å². The molecule has 0 aromatic rings. The van der Waals surface area contributed by atoms with Gasteiger partial charge in [0.1, 0.15) is 5.54 Å². The Kier molecular flexibility index (Phi) is 3.19. The van der Waals surface area contributed by atoms with Gasteiger partial charge in [-0.05, 0) is 18.9 Å². The fraction of sp³-hybridized carbons (Fsp3) is 0.667. The first-order chi connectivity index (χ1) is 8.14. The van der Waals surface area contributed by atoms with Crippen LogP contribution in [0.4, 0.5) is 0 Å². The zero-order chi connectivity index (χ0) is 12.5. The Hall–Kier alpha value is -1.36. The van der Waals surface area contributed by atoms with Crippen molar-refractivity contribution in [1.82, 2.24) is 4.90 Å². The van der Waals surface area contributed by atoms with Gasteiger partial charge in [0.25, 0.3) is 0 Å². The van der Waals surface area contributed by atoms with Crippen molar-refractivity contribution < 1.29 is 19.4 Å². The maximum absolute atomic E-state index is 12.0. The number of hydrogen-bond acceptors (Lipinski definition) is 4. The predicted octanol–water partition coefficient (Wildman–Crippen LogP) is 0.233. The molecule has 1 atom stereocenters. The zero-order valence-electron chi connectivity index (χ0n) is 9.94. The van der Waals surface area contributed by atoms with Crippen molar-refractivity contribution in [3.8, 4) is 0 Å². The van der Waals surface area contributed by atoms with Crippen LogP contribution in [0.5, 0.6) is 0 Å². The average Bonchev–Trinajstić information content (AvgIpc) is 2.79. The van der Waals surface area contributed by atoms with Crippen LogP contribution in [0.3, 0.4) is 0 Å². The molecule has 0 aromatic carbocycles. The monoisotopic (exact) mass is 239 g/mol. The topological polar surface area (TPSA) is 66.8 Å². The summed E-state index contributed by atoms with van der Waals surface area (Å²) >= 11 is 0. The largest absolute Gasteiger partial charge is 0.464 e. The molecule has 0 radical (unpaired) electrons. The molecule has 5 heteroatoms. The standard InChI is InChI=1S/C12H17NO4/c1-2-17-11(16)12-5-3-10(15)13(12)8-9(7-12)4-6-14/h4,14H,2-3,5-8H2,1H3/t12-/m0/s1. The fourth-order valence-corrected chi connectivity index (χ4v) is 2.70. The molecule has 0 unspecified atom stereocenters. The molecule has 17 heavy (non-hydrogen) atoms. The van der Waals surface area contributed by atoms with E-state index in [1.54, 1.807) is 17.9 Å². The van der Waals surface area contributed by atoms with E-state index in [2.05, 4.69) is 0 Å². The second-order valence-corrected chi connectivity index (χ2v) is 4.45. The highest BCUT2D eigenvalue weighted by Crippen LogP contribution is 2.42. The summed E-state index contributed by atoms with van der Waals surface area (Å²) in [5.74, 6) is -0.313. The van der Waals surface area contributed by atoms with Crippen molar-refractivity contribution >= 4 is 11.9 Å². The van der Waals surface area contributed by atoms with Crippen LogP contribution in [-0.4, -0.2) is 47.2 Å². The SMILES string of the molecule is CCOC(=O)[C@@]12CCC(=O)N1CC(=CCO)C2. The molecule has 2 saturated heterocycles. The summed E-state index contributed by atoms with van der Waals surface area (Å²) in [5.41, 5.74) is 0.141. The van der Waals surface area contributed by atoms with Crippen LogP contribution < -0.4 is 0 Å². The zero-order valence-corrected chi connectivity index (χ0v) is 9.94. The van der Waals surface area contributed by atoms with E-state index in [0.29, 0.717) is 32.4 Å². The first kappa shape index (κ1) is 12.1. The van der Waals surface area contributed by atoms with Gasteiger partial charge in [-0.2, -0.15) is 0 Å². The summed E-state index contributed by atoms with van der Waals surface area (Å²) in [6, 6.07) is 0. The van der Waals surface area contributed by atoms with Crippen molar-refractivity contribution in [1.29, 1.82) is 0 Å². The number of aliphatic hydroxyl groups is 1. The maximum atomic E-state index is 12.0. The average molecular weight is 239 g/mol. The quantitative estimate of drug-likeness (QED) is 0.565. The summed E-state index contributed by atoms with van der Waals surface area (Å²) in [6.45, 7) is 2.46. The summed E-state index contributed by atoms with van der Waals surface area (Å²) in [7, 11) is 0. The van der Waals surface area contributed by atoms with Crippen molar-refractivity contribution in [2.45, 2.75) is 31.7 Å². The van der Waals surface area contributed by atoms with Gasteiger partial charge >= 0.3 is 5.97 Å². The molecule has 0 saturated carbocycles. The van der Waals surface area contributed by atoms with E-state index >= 15 is 0 Å². The van der Waals surface area contributed by atoms with E-state index in [9.17, 15) is 9.59 Å². The van der Waals surface area contributed by atoms with E-state index in [0.717, 1.165) is 5.57 Å². The minimum Gasteiger partial charge on any atom is -0.464 e. The lowest BCUT2D eigenvalue weighted by Gasteiger charge is -2.28. The lowest BCUT2D eigenvalue weighted by molar-refractivity contribution is -0.157. The van der Waals surface area contributed by atoms with Gasteiger partial charge < -0.3 is 14.7 Å². The van der Waals surface area contributed by atoms with Gasteiger partial charge in [0.2, 0.25) is 5.91 Å². The van der Waals surface area contributed by atoms with Gasteiger partial charge in [-0.25, -0.2) is 4.79 Å². The highest BCUT2D eigenvalue weighted by atomic mass is 16.5. The molecule has 2 aliphatic heterocycles. The number of carbonyl (C=O) groups excluding carboxylic acids is 2. The summed E-state index contributed by atoms with van der Waals surface area (Å²) in [5, 5.41) is 8.89. The molecular formula is C12H17NO4. The first-order valence-electron chi connectivity index (χ1n) is 5.90. The molecule has 0 spiro atoms. The number of fused-ring (bicyclic) bond motifs is 1. The van der Waals surface area contributed by atoms with Crippen molar-refractivity contribution in [2.24, 2.45) is 0 Å². The third kappa shape index (κ3) is 1.84. The second-order valence-electron chi connectivity index (χ2n) is 4.45. The number of esters is 1. The molecule has 94 valence electrons. The Labute approximate surface area is 100 Å². The fourth-order valence-electron chi connectivity index (χ4n) is 2.70. The van der Waals surface area contributed by atoms with Crippen LogP contribution in [0, 0.1) is 0 Å².